The molecule has 2 aromatic carbocycles. The fourth-order valence-electron chi connectivity index (χ4n) is 4.57. The van der Waals surface area contributed by atoms with Gasteiger partial charge in [0.25, 0.3) is 5.91 Å². The number of methoxy groups -OCH3 is 1. The Hall–Kier alpha value is -4.01. The van der Waals surface area contributed by atoms with Crippen molar-refractivity contribution in [1.82, 2.24) is 20.0 Å². The van der Waals surface area contributed by atoms with E-state index >= 15 is 0 Å². The predicted octanol–water partition coefficient (Wildman–Crippen LogP) is 2.66. The monoisotopic (exact) mass is 448 g/mol. The van der Waals surface area contributed by atoms with Crippen molar-refractivity contribution in [2.75, 3.05) is 7.11 Å². The zero-order valence-electron chi connectivity index (χ0n) is 18.1. The van der Waals surface area contributed by atoms with Crippen LogP contribution in [-0.4, -0.2) is 45.6 Å². The van der Waals surface area contributed by atoms with Gasteiger partial charge in [-0.2, -0.15) is 5.10 Å². The van der Waals surface area contributed by atoms with Crippen LogP contribution in [0.15, 0.2) is 42.6 Å². The highest BCUT2D eigenvalue weighted by Gasteiger charge is 2.39. The van der Waals surface area contributed by atoms with Crippen molar-refractivity contribution in [2.45, 2.75) is 25.4 Å². The second kappa shape index (κ2) is 7.84. The Morgan fingerprint density at radius 2 is 1.88 bits per heavy atom. The number of ether oxygens (including phenoxy) is 1. The number of hydrogen-bond acceptors (Lipinski definition) is 5. The summed E-state index contributed by atoms with van der Waals surface area (Å²) in [5, 5.41) is 6.70. The first-order valence-corrected chi connectivity index (χ1v) is 10.5. The highest BCUT2D eigenvalue weighted by molar-refractivity contribution is 6.05. The molecule has 9 heteroatoms. The summed E-state index contributed by atoms with van der Waals surface area (Å²) >= 11 is 0. The fraction of sp³-hybridized carbons (Fsp3) is 0.250. The molecule has 0 aliphatic carbocycles. The van der Waals surface area contributed by atoms with Crippen LogP contribution in [0.5, 0.6) is 5.75 Å². The first-order chi connectivity index (χ1) is 15.9. The molecular formula is C24H21FN4O4. The number of hydrogen-bond donors (Lipinski definition) is 1. The molecule has 2 aliphatic heterocycles. The number of benzene rings is 2. The van der Waals surface area contributed by atoms with E-state index in [1.165, 1.54) is 24.1 Å². The maximum Gasteiger partial charge on any atom is 0.255 e. The van der Waals surface area contributed by atoms with Gasteiger partial charge in [0.05, 0.1) is 19.0 Å². The number of piperidine rings is 1. The van der Waals surface area contributed by atoms with E-state index in [4.69, 9.17) is 4.74 Å². The maximum atomic E-state index is 13.7. The van der Waals surface area contributed by atoms with E-state index in [0.29, 0.717) is 23.3 Å². The summed E-state index contributed by atoms with van der Waals surface area (Å²) in [6.45, 7) is 0.281. The van der Waals surface area contributed by atoms with Crippen molar-refractivity contribution in [3.05, 3.63) is 59.5 Å². The van der Waals surface area contributed by atoms with Gasteiger partial charge in [0.1, 0.15) is 17.6 Å². The van der Waals surface area contributed by atoms with Gasteiger partial charge in [-0.05, 0) is 41.8 Å². The molecule has 3 aromatic rings. The first-order valence-electron chi connectivity index (χ1n) is 10.5. The number of nitrogens with one attached hydrogen (secondary N) is 1. The van der Waals surface area contributed by atoms with Gasteiger partial charge in [-0.1, -0.05) is 6.07 Å². The van der Waals surface area contributed by atoms with E-state index in [9.17, 15) is 18.8 Å². The zero-order chi connectivity index (χ0) is 23.3. The van der Waals surface area contributed by atoms with Crippen LogP contribution in [-0.2, 0) is 23.2 Å². The van der Waals surface area contributed by atoms with Gasteiger partial charge in [0.15, 0.2) is 0 Å². The number of amides is 3. The highest BCUT2D eigenvalue weighted by atomic mass is 19.1. The van der Waals surface area contributed by atoms with E-state index in [1.807, 2.05) is 12.1 Å². The Balaban J connectivity index is 1.51. The molecule has 0 spiro atoms. The topological polar surface area (TPSA) is 93.5 Å². The summed E-state index contributed by atoms with van der Waals surface area (Å²) in [4.78, 5) is 38.3. The van der Waals surface area contributed by atoms with E-state index < -0.39 is 17.8 Å². The van der Waals surface area contributed by atoms with Gasteiger partial charge in [0.2, 0.25) is 11.8 Å². The van der Waals surface area contributed by atoms with Crippen LogP contribution in [0.2, 0.25) is 0 Å². The molecule has 8 nitrogen and oxygen atoms in total. The normalized spacial score (nSPS) is 17.8. The highest BCUT2D eigenvalue weighted by Crippen LogP contribution is 2.39. The number of carbonyl (C=O) groups excluding carboxylic acids is 3. The summed E-state index contributed by atoms with van der Waals surface area (Å²) in [6.07, 6.45) is 2.24. The third-order valence-corrected chi connectivity index (χ3v) is 6.19. The maximum absolute atomic E-state index is 13.7. The Morgan fingerprint density at radius 1 is 1.09 bits per heavy atom. The number of carbonyl (C=O) groups is 3. The van der Waals surface area contributed by atoms with Gasteiger partial charge in [0, 0.05) is 42.8 Å². The van der Waals surface area contributed by atoms with Crippen LogP contribution in [0.25, 0.3) is 22.4 Å². The van der Waals surface area contributed by atoms with Crippen molar-refractivity contribution in [3.8, 4) is 28.1 Å². The van der Waals surface area contributed by atoms with E-state index in [2.05, 4.69) is 10.4 Å². The number of fused-ring (bicyclic) bond motifs is 1. The average Bonchev–Trinajstić information content (AvgIpc) is 3.33. The Labute approximate surface area is 188 Å². The van der Waals surface area contributed by atoms with Crippen molar-refractivity contribution in [1.29, 1.82) is 0 Å². The van der Waals surface area contributed by atoms with Crippen LogP contribution in [0.3, 0.4) is 0 Å². The molecule has 1 fully saturated rings. The molecule has 1 atom stereocenters. The SMILES string of the molecule is COc1cc(F)ccc1-c1c(-c2ccc3c(c2)CN(C2CCC(=O)NC2=O)C3=O)cnn1C. The number of halogens is 1. The summed E-state index contributed by atoms with van der Waals surface area (Å²) < 4.78 is 20.8. The van der Waals surface area contributed by atoms with Gasteiger partial charge < -0.3 is 9.64 Å². The largest absolute Gasteiger partial charge is 0.496 e. The lowest BCUT2D eigenvalue weighted by Gasteiger charge is -2.29. The minimum atomic E-state index is -0.663. The third kappa shape index (κ3) is 3.45. The number of aromatic nitrogens is 2. The molecule has 3 heterocycles. The van der Waals surface area contributed by atoms with E-state index in [-0.39, 0.29) is 24.8 Å². The lowest BCUT2D eigenvalue weighted by atomic mass is 9.97. The summed E-state index contributed by atoms with van der Waals surface area (Å²) in [7, 11) is 3.28. The van der Waals surface area contributed by atoms with Crippen LogP contribution >= 0.6 is 0 Å². The minimum absolute atomic E-state index is 0.209. The predicted molar refractivity (Wildman–Crippen MR) is 117 cm³/mol. The molecule has 33 heavy (non-hydrogen) atoms. The van der Waals surface area contributed by atoms with E-state index in [1.54, 1.807) is 30.1 Å². The Kier molecular flexibility index (Phi) is 4.96. The molecule has 5 rings (SSSR count). The minimum Gasteiger partial charge on any atom is -0.496 e. The zero-order valence-corrected chi connectivity index (χ0v) is 18.1. The van der Waals surface area contributed by atoms with Gasteiger partial charge >= 0.3 is 0 Å². The summed E-state index contributed by atoms with van der Waals surface area (Å²) in [5.41, 5.74) is 4.41. The Bertz CT molecular complexity index is 1320. The molecule has 1 aromatic heterocycles. The quantitative estimate of drug-likeness (QED) is 0.620. The smallest absolute Gasteiger partial charge is 0.255 e. The number of aryl methyl sites for hydroxylation is 1. The summed E-state index contributed by atoms with van der Waals surface area (Å²) in [5.74, 6) is -0.990. The van der Waals surface area contributed by atoms with Crippen molar-refractivity contribution in [3.63, 3.8) is 0 Å². The van der Waals surface area contributed by atoms with Gasteiger partial charge in [-0.25, -0.2) is 4.39 Å². The molecular weight excluding hydrogens is 427 g/mol. The van der Waals surface area contributed by atoms with Crippen molar-refractivity contribution in [2.24, 2.45) is 7.05 Å². The van der Waals surface area contributed by atoms with Gasteiger partial charge in [-0.3, -0.25) is 24.4 Å². The van der Waals surface area contributed by atoms with Crippen LogP contribution in [0.1, 0.15) is 28.8 Å². The van der Waals surface area contributed by atoms with Crippen molar-refractivity contribution >= 4 is 17.7 Å². The van der Waals surface area contributed by atoms with Gasteiger partial charge in [-0.15, -0.1) is 0 Å². The molecule has 168 valence electrons. The molecule has 2 aliphatic rings. The molecule has 0 radical (unpaired) electrons. The number of imide groups is 1. The molecule has 1 unspecified atom stereocenters. The summed E-state index contributed by atoms with van der Waals surface area (Å²) in [6, 6.07) is 9.17. The second-order valence-corrected chi connectivity index (χ2v) is 8.15. The van der Waals surface area contributed by atoms with Crippen LogP contribution in [0.4, 0.5) is 4.39 Å². The average molecular weight is 448 g/mol. The standard InChI is InChI=1S/C24H21FN4O4/c1-28-22(17-6-4-15(25)10-20(17)33-2)18(11-26-28)13-3-5-16-14(9-13)12-29(24(16)32)19-7-8-21(30)27-23(19)31/h3-6,9-11,19H,7-8,12H2,1-2H3,(H,27,30,31). The lowest BCUT2D eigenvalue weighted by molar-refractivity contribution is -0.136. The van der Waals surface area contributed by atoms with E-state index in [0.717, 1.165) is 22.4 Å². The molecule has 0 saturated carbocycles. The molecule has 0 bridgehead atoms. The second-order valence-electron chi connectivity index (χ2n) is 8.15. The van der Waals surface area contributed by atoms with Crippen molar-refractivity contribution < 1.29 is 23.5 Å². The lowest BCUT2D eigenvalue weighted by Crippen LogP contribution is -2.52. The molecule has 1 saturated heterocycles. The Morgan fingerprint density at radius 3 is 2.64 bits per heavy atom. The fourth-order valence-corrected chi connectivity index (χ4v) is 4.57. The number of rotatable bonds is 4. The molecule has 1 N–H and O–H groups in total. The first kappa shape index (κ1) is 20.9. The van der Waals surface area contributed by atoms with Crippen LogP contribution in [0, 0.1) is 5.82 Å². The number of nitrogens with zero attached hydrogens (tertiary/aromatic N) is 3. The van der Waals surface area contributed by atoms with Crippen LogP contribution < -0.4 is 10.1 Å². The molecule has 3 amide bonds. The third-order valence-electron chi connectivity index (χ3n) is 6.19.